The minimum atomic E-state index is -0.314. The van der Waals surface area contributed by atoms with Gasteiger partial charge >= 0.3 is 0 Å². The largest absolute Gasteiger partial charge is 0.457 e. The maximum atomic E-state index is 12.8. The van der Waals surface area contributed by atoms with Gasteiger partial charge in [0.15, 0.2) is 5.82 Å². The number of benzene rings is 2. The molecule has 3 aromatic rings. The fraction of sp³-hybridized carbons (Fsp3) is 0.0667. The lowest BCUT2D eigenvalue weighted by atomic mass is 10.2. The number of nitrogens with one attached hydrogen (secondary N) is 2. The van der Waals surface area contributed by atoms with E-state index in [4.69, 9.17) is 4.74 Å². The number of aromatic amines is 1. The summed E-state index contributed by atoms with van der Waals surface area (Å²) < 4.78 is 18.5. The number of halogens is 1. The zero-order chi connectivity index (χ0) is 14.8. The van der Waals surface area contributed by atoms with Crippen molar-refractivity contribution >= 4 is 22.6 Å². The van der Waals surface area contributed by atoms with E-state index in [0.717, 1.165) is 10.9 Å². The van der Waals surface area contributed by atoms with E-state index in [1.54, 1.807) is 30.3 Å². The lowest BCUT2D eigenvalue weighted by molar-refractivity contribution is -0.114. The van der Waals surface area contributed by atoms with Crippen LogP contribution in [0.25, 0.3) is 10.9 Å². The fourth-order valence-electron chi connectivity index (χ4n) is 1.96. The van der Waals surface area contributed by atoms with Crippen molar-refractivity contribution in [1.29, 1.82) is 0 Å². The van der Waals surface area contributed by atoms with Crippen LogP contribution in [0.3, 0.4) is 0 Å². The average molecular weight is 285 g/mol. The van der Waals surface area contributed by atoms with Crippen LogP contribution in [0.4, 0.5) is 10.2 Å². The van der Waals surface area contributed by atoms with Crippen molar-refractivity contribution in [1.82, 2.24) is 10.2 Å². The molecule has 0 atom stereocenters. The zero-order valence-corrected chi connectivity index (χ0v) is 11.2. The summed E-state index contributed by atoms with van der Waals surface area (Å²) in [5.41, 5.74) is 0.735. The van der Waals surface area contributed by atoms with E-state index in [1.165, 1.54) is 19.1 Å². The van der Waals surface area contributed by atoms with Crippen LogP contribution in [0.2, 0.25) is 0 Å². The minimum Gasteiger partial charge on any atom is -0.457 e. The number of fused-ring (bicyclic) bond motifs is 1. The summed E-state index contributed by atoms with van der Waals surface area (Å²) in [7, 11) is 0. The van der Waals surface area contributed by atoms with E-state index in [1.807, 2.05) is 0 Å². The van der Waals surface area contributed by atoms with E-state index < -0.39 is 0 Å². The molecule has 2 N–H and O–H groups in total. The van der Waals surface area contributed by atoms with Gasteiger partial charge in [-0.2, -0.15) is 5.10 Å². The maximum Gasteiger partial charge on any atom is 0.222 e. The zero-order valence-electron chi connectivity index (χ0n) is 11.2. The Morgan fingerprint density at radius 2 is 1.90 bits per heavy atom. The predicted octanol–water partition coefficient (Wildman–Crippen LogP) is 3.45. The molecule has 1 amide bonds. The van der Waals surface area contributed by atoms with E-state index in [2.05, 4.69) is 15.5 Å². The summed E-state index contributed by atoms with van der Waals surface area (Å²) >= 11 is 0. The number of H-pyrrole nitrogens is 1. The van der Waals surface area contributed by atoms with E-state index in [0.29, 0.717) is 17.3 Å². The average Bonchev–Trinajstić information content (AvgIpc) is 2.83. The highest BCUT2D eigenvalue weighted by atomic mass is 19.1. The van der Waals surface area contributed by atoms with E-state index in [-0.39, 0.29) is 11.7 Å². The predicted molar refractivity (Wildman–Crippen MR) is 76.9 cm³/mol. The first-order valence-electron chi connectivity index (χ1n) is 6.31. The Morgan fingerprint density at radius 3 is 2.62 bits per heavy atom. The molecule has 5 nitrogen and oxygen atoms in total. The highest BCUT2D eigenvalue weighted by Gasteiger charge is 2.08. The smallest absolute Gasteiger partial charge is 0.222 e. The number of ether oxygens (including phenoxy) is 1. The summed E-state index contributed by atoms with van der Waals surface area (Å²) in [4.78, 5) is 11.1. The molecule has 0 aliphatic rings. The molecule has 0 aliphatic heterocycles. The molecule has 106 valence electrons. The first-order valence-corrected chi connectivity index (χ1v) is 6.31. The molecule has 0 fully saturated rings. The van der Waals surface area contributed by atoms with Crippen LogP contribution in [0, 0.1) is 5.82 Å². The van der Waals surface area contributed by atoms with Crippen LogP contribution >= 0.6 is 0 Å². The van der Waals surface area contributed by atoms with Gasteiger partial charge < -0.3 is 10.1 Å². The van der Waals surface area contributed by atoms with Crippen LogP contribution in [0.15, 0.2) is 42.5 Å². The number of aromatic nitrogens is 2. The highest BCUT2D eigenvalue weighted by Crippen LogP contribution is 2.28. The summed E-state index contributed by atoms with van der Waals surface area (Å²) in [5.74, 6) is 1.11. The number of nitrogens with zero attached hydrogens (tertiary/aromatic N) is 1. The van der Waals surface area contributed by atoms with Gasteiger partial charge in [0.2, 0.25) is 5.91 Å². The summed E-state index contributed by atoms with van der Waals surface area (Å²) in [6.45, 7) is 1.42. The fourth-order valence-corrected chi connectivity index (χ4v) is 1.96. The Bertz CT molecular complexity index is 796. The molecule has 0 bridgehead atoms. The van der Waals surface area contributed by atoms with Crippen LogP contribution < -0.4 is 10.1 Å². The topological polar surface area (TPSA) is 67.0 Å². The molecule has 2 aromatic carbocycles. The molecule has 1 heterocycles. The third kappa shape index (κ3) is 2.84. The Balaban J connectivity index is 1.87. The van der Waals surface area contributed by atoms with Gasteiger partial charge in [-0.25, -0.2) is 4.39 Å². The third-order valence-electron chi connectivity index (χ3n) is 2.88. The van der Waals surface area contributed by atoms with Gasteiger partial charge in [-0.3, -0.25) is 9.89 Å². The molecule has 6 heteroatoms. The van der Waals surface area contributed by atoms with E-state index >= 15 is 0 Å². The number of amides is 1. The molecule has 0 saturated heterocycles. The summed E-state index contributed by atoms with van der Waals surface area (Å²) in [6, 6.07) is 11.1. The lowest BCUT2D eigenvalue weighted by Gasteiger charge is -2.05. The van der Waals surface area contributed by atoms with Crippen LogP contribution in [-0.4, -0.2) is 16.1 Å². The van der Waals surface area contributed by atoms with Crippen molar-refractivity contribution in [3.8, 4) is 11.5 Å². The molecule has 0 spiro atoms. The van der Waals surface area contributed by atoms with Crippen molar-refractivity contribution in [3.63, 3.8) is 0 Å². The molecule has 0 unspecified atom stereocenters. The van der Waals surface area contributed by atoms with Crippen molar-refractivity contribution in [2.75, 3.05) is 5.32 Å². The number of carbonyl (C=O) groups excluding carboxylic acids is 1. The second-order valence-corrected chi connectivity index (χ2v) is 4.52. The Morgan fingerprint density at radius 1 is 1.19 bits per heavy atom. The molecular weight excluding hydrogens is 273 g/mol. The molecule has 0 aliphatic carbocycles. The molecule has 0 radical (unpaired) electrons. The quantitative estimate of drug-likeness (QED) is 0.774. The van der Waals surface area contributed by atoms with Gasteiger partial charge in [0, 0.05) is 18.4 Å². The number of hydrogen-bond acceptors (Lipinski definition) is 3. The number of anilines is 1. The molecule has 21 heavy (non-hydrogen) atoms. The first-order chi connectivity index (χ1) is 10.1. The number of hydrogen-bond donors (Lipinski definition) is 2. The minimum absolute atomic E-state index is 0.185. The van der Waals surface area contributed by atoms with Gasteiger partial charge in [0.25, 0.3) is 0 Å². The standard InChI is InChI=1S/C15H12FN3O2/c1-9(20)17-15-13-7-6-12(8-14(13)18-19-15)21-11-4-2-10(16)3-5-11/h2-8H,1H3,(H2,17,18,19,20). The third-order valence-corrected chi connectivity index (χ3v) is 2.88. The van der Waals surface area contributed by atoms with E-state index in [9.17, 15) is 9.18 Å². The molecular formula is C15H12FN3O2. The molecule has 1 aromatic heterocycles. The summed E-state index contributed by atoms with van der Waals surface area (Å²) in [5, 5.41) is 10.3. The van der Waals surface area contributed by atoms with Crippen molar-refractivity contribution < 1.29 is 13.9 Å². The number of carbonyl (C=O) groups is 1. The summed E-state index contributed by atoms with van der Waals surface area (Å²) in [6.07, 6.45) is 0. The highest BCUT2D eigenvalue weighted by molar-refractivity contribution is 5.99. The Labute approximate surface area is 119 Å². The first kappa shape index (κ1) is 13.1. The van der Waals surface area contributed by atoms with Crippen LogP contribution in [0.1, 0.15) is 6.92 Å². The van der Waals surface area contributed by atoms with Crippen molar-refractivity contribution in [2.24, 2.45) is 0 Å². The number of rotatable bonds is 3. The van der Waals surface area contributed by atoms with Crippen molar-refractivity contribution in [3.05, 3.63) is 48.3 Å². The van der Waals surface area contributed by atoms with Crippen molar-refractivity contribution in [2.45, 2.75) is 6.92 Å². The van der Waals surface area contributed by atoms with Crippen LogP contribution in [-0.2, 0) is 4.79 Å². The normalized spacial score (nSPS) is 10.6. The second kappa shape index (κ2) is 5.24. The Hall–Kier alpha value is -2.89. The SMILES string of the molecule is CC(=O)Nc1n[nH]c2cc(Oc3ccc(F)cc3)ccc12. The second-order valence-electron chi connectivity index (χ2n) is 4.52. The molecule has 3 rings (SSSR count). The van der Waals surface area contributed by atoms with Gasteiger partial charge in [-0.05, 0) is 36.4 Å². The molecule has 0 saturated carbocycles. The van der Waals surface area contributed by atoms with Gasteiger partial charge in [0.05, 0.1) is 5.52 Å². The van der Waals surface area contributed by atoms with Gasteiger partial charge in [-0.1, -0.05) is 0 Å². The lowest BCUT2D eigenvalue weighted by Crippen LogP contribution is -2.06. The van der Waals surface area contributed by atoms with Gasteiger partial charge in [0.1, 0.15) is 17.3 Å². The Kier molecular flexibility index (Phi) is 3.27. The monoisotopic (exact) mass is 285 g/mol. The maximum absolute atomic E-state index is 12.8. The van der Waals surface area contributed by atoms with Crippen LogP contribution in [0.5, 0.6) is 11.5 Å². The van der Waals surface area contributed by atoms with Gasteiger partial charge in [-0.15, -0.1) is 0 Å².